The lowest BCUT2D eigenvalue weighted by molar-refractivity contribution is -0.128. The molecule has 1 saturated heterocycles. The minimum absolute atomic E-state index is 0.0970. The van der Waals surface area contributed by atoms with Crippen LogP contribution < -0.4 is 11.1 Å². The first-order chi connectivity index (χ1) is 9.08. The average molecular weight is 282 g/mol. The van der Waals surface area contributed by atoms with Crippen molar-refractivity contribution in [3.05, 3.63) is 34.9 Å². The van der Waals surface area contributed by atoms with Crippen LogP contribution in [0.5, 0.6) is 0 Å². The van der Waals surface area contributed by atoms with E-state index in [0.29, 0.717) is 24.7 Å². The van der Waals surface area contributed by atoms with Crippen LogP contribution in [0.3, 0.4) is 0 Å². The van der Waals surface area contributed by atoms with Gasteiger partial charge in [0.2, 0.25) is 11.8 Å². The highest BCUT2D eigenvalue weighted by Gasteiger charge is 2.29. The zero-order valence-electron chi connectivity index (χ0n) is 10.4. The van der Waals surface area contributed by atoms with Gasteiger partial charge in [-0.25, -0.2) is 0 Å². The Hall–Kier alpha value is -1.59. The molecule has 6 heteroatoms. The van der Waals surface area contributed by atoms with Crippen molar-refractivity contribution in [1.82, 2.24) is 10.2 Å². The highest BCUT2D eigenvalue weighted by molar-refractivity contribution is 6.31. The van der Waals surface area contributed by atoms with E-state index in [1.54, 1.807) is 6.07 Å². The van der Waals surface area contributed by atoms with Crippen LogP contribution in [0, 0.1) is 0 Å². The third kappa shape index (κ3) is 3.45. The number of halogens is 1. The Bertz CT molecular complexity index is 493. The van der Waals surface area contributed by atoms with E-state index >= 15 is 0 Å². The van der Waals surface area contributed by atoms with E-state index in [1.165, 1.54) is 0 Å². The second kappa shape index (κ2) is 6.04. The summed E-state index contributed by atoms with van der Waals surface area (Å²) in [6, 6.07) is 6.86. The number of nitrogens with two attached hydrogens (primary N) is 1. The van der Waals surface area contributed by atoms with Crippen molar-refractivity contribution in [2.24, 2.45) is 5.73 Å². The molecule has 0 saturated carbocycles. The van der Waals surface area contributed by atoms with E-state index < -0.39 is 11.9 Å². The summed E-state index contributed by atoms with van der Waals surface area (Å²) in [5.41, 5.74) is 6.31. The number of primary amides is 1. The first kappa shape index (κ1) is 13.8. The SMILES string of the molecule is NC(=O)C1CC(=O)NCCN1Cc1ccccc1Cl. The van der Waals surface area contributed by atoms with Crippen LogP contribution >= 0.6 is 11.6 Å². The molecule has 5 nitrogen and oxygen atoms in total. The first-order valence-electron chi connectivity index (χ1n) is 6.11. The Kier molecular flexibility index (Phi) is 4.39. The van der Waals surface area contributed by atoms with E-state index in [1.807, 2.05) is 23.1 Å². The van der Waals surface area contributed by atoms with Gasteiger partial charge in [0, 0.05) is 24.7 Å². The molecule has 1 unspecified atom stereocenters. The number of hydrogen-bond donors (Lipinski definition) is 2. The molecule has 1 aliphatic heterocycles. The van der Waals surface area contributed by atoms with Crippen molar-refractivity contribution < 1.29 is 9.59 Å². The van der Waals surface area contributed by atoms with Gasteiger partial charge in [-0.1, -0.05) is 29.8 Å². The van der Waals surface area contributed by atoms with Crippen molar-refractivity contribution in [1.29, 1.82) is 0 Å². The van der Waals surface area contributed by atoms with Crippen LogP contribution in [0.4, 0.5) is 0 Å². The largest absolute Gasteiger partial charge is 0.368 e. The van der Waals surface area contributed by atoms with Crippen LogP contribution in [-0.4, -0.2) is 35.8 Å². The molecule has 102 valence electrons. The first-order valence-corrected chi connectivity index (χ1v) is 6.49. The van der Waals surface area contributed by atoms with Gasteiger partial charge in [-0.05, 0) is 11.6 Å². The normalized spacial score (nSPS) is 20.7. The summed E-state index contributed by atoms with van der Waals surface area (Å²) >= 11 is 6.11. The van der Waals surface area contributed by atoms with E-state index in [4.69, 9.17) is 17.3 Å². The molecule has 1 aliphatic rings. The number of nitrogens with zero attached hydrogens (tertiary/aromatic N) is 1. The number of hydrogen-bond acceptors (Lipinski definition) is 3. The quantitative estimate of drug-likeness (QED) is 0.848. The molecule has 0 bridgehead atoms. The number of carbonyl (C=O) groups is 2. The Morgan fingerprint density at radius 3 is 2.89 bits per heavy atom. The highest BCUT2D eigenvalue weighted by atomic mass is 35.5. The van der Waals surface area contributed by atoms with E-state index in [0.717, 1.165) is 5.56 Å². The van der Waals surface area contributed by atoms with Gasteiger partial charge in [0.05, 0.1) is 12.5 Å². The number of benzene rings is 1. The number of nitrogens with one attached hydrogen (secondary N) is 1. The fraction of sp³-hybridized carbons (Fsp3) is 0.385. The van der Waals surface area contributed by atoms with Gasteiger partial charge in [-0.3, -0.25) is 14.5 Å². The maximum Gasteiger partial charge on any atom is 0.235 e. The fourth-order valence-electron chi connectivity index (χ4n) is 2.19. The molecule has 1 atom stereocenters. The lowest BCUT2D eigenvalue weighted by Crippen LogP contribution is -2.45. The highest BCUT2D eigenvalue weighted by Crippen LogP contribution is 2.19. The minimum atomic E-state index is -0.584. The molecular formula is C13H16ClN3O2. The number of amides is 2. The summed E-state index contributed by atoms with van der Waals surface area (Å²) in [5, 5.41) is 3.39. The Morgan fingerprint density at radius 1 is 1.47 bits per heavy atom. The molecule has 2 rings (SSSR count). The Balaban J connectivity index is 2.18. The van der Waals surface area contributed by atoms with Gasteiger partial charge in [0.15, 0.2) is 0 Å². The third-order valence-electron chi connectivity index (χ3n) is 3.20. The summed E-state index contributed by atoms with van der Waals surface area (Å²) in [6.45, 7) is 1.58. The van der Waals surface area contributed by atoms with Gasteiger partial charge in [0.25, 0.3) is 0 Å². The monoisotopic (exact) mass is 281 g/mol. The Labute approximate surface area is 116 Å². The second-order valence-electron chi connectivity index (χ2n) is 4.53. The lowest BCUT2D eigenvalue weighted by atomic mass is 10.1. The third-order valence-corrected chi connectivity index (χ3v) is 3.57. The molecule has 0 spiro atoms. The molecule has 0 aromatic heterocycles. The maximum absolute atomic E-state index is 11.5. The van der Waals surface area contributed by atoms with Crippen LogP contribution in [0.1, 0.15) is 12.0 Å². The average Bonchev–Trinajstić information content (AvgIpc) is 2.54. The van der Waals surface area contributed by atoms with Gasteiger partial charge in [0.1, 0.15) is 0 Å². The minimum Gasteiger partial charge on any atom is -0.368 e. The van der Waals surface area contributed by atoms with Crippen molar-refractivity contribution in [3.63, 3.8) is 0 Å². The summed E-state index contributed by atoms with van der Waals surface area (Å²) in [4.78, 5) is 24.9. The lowest BCUT2D eigenvalue weighted by Gasteiger charge is -2.26. The van der Waals surface area contributed by atoms with E-state index in [-0.39, 0.29) is 12.3 Å². The molecule has 1 heterocycles. The van der Waals surface area contributed by atoms with Crippen LogP contribution in [0.25, 0.3) is 0 Å². The van der Waals surface area contributed by atoms with Crippen molar-refractivity contribution in [2.75, 3.05) is 13.1 Å². The molecule has 1 aromatic carbocycles. The molecular weight excluding hydrogens is 266 g/mol. The molecule has 3 N–H and O–H groups in total. The summed E-state index contributed by atoms with van der Waals surface area (Å²) in [5.74, 6) is -0.630. The second-order valence-corrected chi connectivity index (χ2v) is 4.94. The summed E-state index contributed by atoms with van der Waals surface area (Å²) in [6.07, 6.45) is 0.0970. The molecule has 1 fully saturated rings. The smallest absolute Gasteiger partial charge is 0.235 e. The van der Waals surface area contributed by atoms with Gasteiger partial charge in [-0.2, -0.15) is 0 Å². The van der Waals surface area contributed by atoms with Crippen molar-refractivity contribution in [2.45, 2.75) is 19.0 Å². The molecule has 1 aromatic rings. The van der Waals surface area contributed by atoms with E-state index in [9.17, 15) is 9.59 Å². The van der Waals surface area contributed by atoms with Crippen LogP contribution in [-0.2, 0) is 16.1 Å². The summed E-state index contributed by atoms with van der Waals surface area (Å²) < 4.78 is 0. The number of carbonyl (C=O) groups excluding carboxylic acids is 2. The molecule has 0 aliphatic carbocycles. The van der Waals surface area contributed by atoms with Gasteiger partial charge < -0.3 is 11.1 Å². The molecule has 0 radical (unpaired) electrons. The molecule has 2 amide bonds. The van der Waals surface area contributed by atoms with E-state index in [2.05, 4.69) is 5.32 Å². The zero-order valence-corrected chi connectivity index (χ0v) is 11.2. The zero-order chi connectivity index (χ0) is 13.8. The standard InChI is InChI=1S/C13H16ClN3O2/c14-10-4-2-1-3-9(10)8-17-6-5-16-12(18)7-11(17)13(15)19/h1-4,11H,5-8H2,(H2,15,19)(H,16,18). The van der Waals surface area contributed by atoms with Crippen LogP contribution in [0.2, 0.25) is 5.02 Å². The fourth-order valence-corrected chi connectivity index (χ4v) is 2.38. The van der Waals surface area contributed by atoms with Gasteiger partial charge in [-0.15, -0.1) is 0 Å². The Morgan fingerprint density at radius 2 is 2.21 bits per heavy atom. The number of rotatable bonds is 3. The predicted molar refractivity (Wildman–Crippen MR) is 72.5 cm³/mol. The predicted octanol–water partition coefficient (Wildman–Crippen LogP) is 0.516. The van der Waals surface area contributed by atoms with Crippen molar-refractivity contribution >= 4 is 23.4 Å². The molecule has 19 heavy (non-hydrogen) atoms. The van der Waals surface area contributed by atoms with Gasteiger partial charge >= 0.3 is 0 Å². The van der Waals surface area contributed by atoms with Crippen molar-refractivity contribution in [3.8, 4) is 0 Å². The summed E-state index contributed by atoms with van der Waals surface area (Å²) in [7, 11) is 0. The topological polar surface area (TPSA) is 75.4 Å². The maximum atomic E-state index is 11.5. The van der Waals surface area contributed by atoms with Crippen LogP contribution in [0.15, 0.2) is 24.3 Å².